The van der Waals surface area contributed by atoms with Gasteiger partial charge in [-0.3, -0.25) is 5.01 Å². The van der Waals surface area contributed by atoms with Crippen LogP contribution in [0.4, 0.5) is 5.69 Å². The van der Waals surface area contributed by atoms with E-state index < -0.39 is 10.0 Å². The molecule has 3 heterocycles. The van der Waals surface area contributed by atoms with Crippen molar-refractivity contribution in [3.8, 4) is 0 Å². The third kappa shape index (κ3) is 6.05. The van der Waals surface area contributed by atoms with Crippen LogP contribution in [0.1, 0.15) is 61.6 Å². The van der Waals surface area contributed by atoms with E-state index in [0.29, 0.717) is 0 Å². The van der Waals surface area contributed by atoms with E-state index in [0.717, 1.165) is 55.7 Å². The topological polar surface area (TPSA) is 90.7 Å². The van der Waals surface area contributed by atoms with Crippen LogP contribution < -0.4 is 21.2 Å². The molecule has 31 heavy (non-hydrogen) atoms. The fourth-order valence-electron chi connectivity index (χ4n) is 4.39. The van der Waals surface area contributed by atoms with E-state index in [9.17, 15) is 8.42 Å². The van der Waals surface area contributed by atoms with Gasteiger partial charge in [0.1, 0.15) is 6.67 Å². The van der Waals surface area contributed by atoms with Gasteiger partial charge in [-0.15, -0.1) is 0 Å². The number of hydrogen-bond donors (Lipinski definition) is 3. The normalized spacial score (nSPS) is 21.2. The Kier molecular flexibility index (Phi) is 7.24. The van der Waals surface area contributed by atoms with E-state index in [1.54, 1.807) is 6.07 Å². The third-order valence-corrected chi connectivity index (χ3v) is 7.13. The summed E-state index contributed by atoms with van der Waals surface area (Å²) in [5.74, 6) is 0. The molecule has 1 atom stereocenters. The summed E-state index contributed by atoms with van der Waals surface area (Å²) in [5.41, 5.74) is 10.7. The number of benzene rings is 2. The van der Waals surface area contributed by atoms with E-state index in [-0.39, 0.29) is 4.90 Å². The molecule has 4 N–H and O–H groups in total. The first-order valence-electron chi connectivity index (χ1n) is 11.3. The van der Waals surface area contributed by atoms with Crippen molar-refractivity contribution in [2.75, 3.05) is 18.2 Å². The minimum atomic E-state index is -3.71. The molecule has 2 aromatic carbocycles. The second kappa shape index (κ2) is 10.1. The summed E-state index contributed by atoms with van der Waals surface area (Å²) in [6, 6.07) is 14.1. The molecule has 168 valence electrons. The standard InChI is InChI=1S/C23H33N5O2S/c24-31(29,30)23-14-11-20-16-19-9-12-22(13-10-19)28-18-27(25-26-28)15-7-5-3-1-2-4-6-8-21(23)17-20/h9-14,17,25-26H,1-8,15-16,18H2,(H2,24,29,30). The molecule has 0 aliphatic carbocycles. The molecule has 1 saturated heterocycles. The molecule has 2 aromatic rings. The van der Waals surface area contributed by atoms with Crippen LogP contribution in [0.5, 0.6) is 0 Å². The van der Waals surface area contributed by atoms with Gasteiger partial charge in [0, 0.05) is 6.54 Å². The Morgan fingerprint density at radius 1 is 0.806 bits per heavy atom. The SMILES string of the molecule is NS(=O)(=O)c1ccc2cc1CCCCCCCCCN1CN(NN1)c1ccc(cc1)C2. The predicted molar refractivity (Wildman–Crippen MR) is 123 cm³/mol. The van der Waals surface area contributed by atoms with Gasteiger partial charge in [0.15, 0.2) is 0 Å². The highest BCUT2D eigenvalue weighted by Gasteiger charge is 2.19. The summed E-state index contributed by atoms with van der Waals surface area (Å²) in [7, 11) is -3.71. The third-order valence-electron chi connectivity index (χ3n) is 6.12. The maximum atomic E-state index is 12.1. The van der Waals surface area contributed by atoms with E-state index in [4.69, 9.17) is 5.14 Å². The first kappa shape index (κ1) is 22.2. The predicted octanol–water partition coefficient (Wildman–Crippen LogP) is 3.22. The first-order chi connectivity index (χ1) is 15.0. The van der Waals surface area contributed by atoms with Gasteiger partial charge in [0.05, 0.1) is 10.6 Å². The zero-order chi connectivity index (χ0) is 21.7. The Balaban J connectivity index is 1.55. The zero-order valence-corrected chi connectivity index (χ0v) is 18.8. The Labute approximate surface area is 185 Å². The molecular formula is C23H33N5O2S. The van der Waals surface area contributed by atoms with Crippen molar-refractivity contribution >= 4 is 15.7 Å². The molecule has 0 aromatic heterocycles. The molecule has 0 radical (unpaired) electrons. The van der Waals surface area contributed by atoms with Crippen molar-refractivity contribution in [3.63, 3.8) is 0 Å². The highest BCUT2D eigenvalue weighted by molar-refractivity contribution is 7.89. The van der Waals surface area contributed by atoms with Crippen LogP contribution in [-0.4, -0.2) is 26.6 Å². The fraction of sp³-hybridized carbons (Fsp3) is 0.478. The molecule has 0 spiro atoms. The molecule has 3 aliphatic rings. The minimum absolute atomic E-state index is 0.269. The van der Waals surface area contributed by atoms with Crippen molar-refractivity contribution < 1.29 is 8.42 Å². The zero-order valence-electron chi connectivity index (χ0n) is 18.0. The minimum Gasteiger partial charge on any atom is -0.278 e. The van der Waals surface area contributed by atoms with Gasteiger partial charge in [-0.2, -0.15) is 11.1 Å². The highest BCUT2D eigenvalue weighted by atomic mass is 32.2. The molecule has 0 amide bonds. The Hall–Kier alpha value is -1.97. The number of rotatable bonds is 1. The number of nitrogens with zero attached hydrogens (tertiary/aromatic N) is 2. The van der Waals surface area contributed by atoms with Crippen LogP contribution in [0.25, 0.3) is 0 Å². The largest absolute Gasteiger partial charge is 0.278 e. The maximum absolute atomic E-state index is 12.1. The average Bonchev–Trinajstić information content (AvgIpc) is 3.21. The average molecular weight is 444 g/mol. The molecule has 3 aliphatic heterocycles. The number of sulfonamides is 1. The summed E-state index contributed by atoms with van der Waals surface area (Å²) in [4.78, 5) is 0.269. The molecule has 1 unspecified atom stereocenters. The smallest absolute Gasteiger partial charge is 0.238 e. The molecule has 0 saturated carbocycles. The number of fused-ring (bicyclic) bond motifs is 10. The van der Waals surface area contributed by atoms with Crippen molar-refractivity contribution in [2.45, 2.75) is 62.7 Å². The van der Waals surface area contributed by atoms with Gasteiger partial charge in [-0.05, 0) is 60.6 Å². The van der Waals surface area contributed by atoms with Crippen LogP contribution >= 0.6 is 0 Å². The number of hydrogen-bond acceptors (Lipinski definition) is 6. The number of nitrogens with two attached hydrogens (primary N) is 1. The van der Waals surface area contributed by atoms with Crippen molar-refractivity contribution in [1.29, 1.82) is 0 Å². The maximum Gasteiger partial charge on any atom is 0.238 e. The lowest BCUT2D eigenvalue weighted by molar-refractivity contribution is 0.227. The lowest BCUT2D eigenvalue weighted by atomic mass is 9.99. The fourth-order valence-corrected chi connectivity index (χ4v) is 5.18. The van der Waals surface area contributed by atoms with Crippen molar-refractivity contribution in [3.05, 3.63) is 59.2 Å². The summed E-state index contributed by atoms with van der Waals surface area (Å²) < 4.78 is 24.1. The van der Waals surface area contributed by atoms with E-state index in [1.807, 2.05) is 12.1 Å². The van der Waals surface area contributed by atoms with Crippen LogP contribution in [-0.2, 0) is 22.9 Å². The summed E-state index contributed by atoms with van der Waals surface area (Å²) in [6.45, 7) is 1.82. The number of primary sulfonamides is 1. The van der Waals surface area contributed by atoms with E-state index in [2.05, 4.69) is 45.4 Å². The van der Waals surface area contributed by atoms with Gasteiger partial charge in [0.25, 0.3) is 0 Å². The molecule has 6 bridgehead atoms. The van der Waals surface area contributed by atoms with Gasteiger partial charge in [-0.1, -0.05) is 56.4 Å². The molecular weight excluding hydrogens is 410 g/mol. The van der Waals surface area contributed by atoms with E-state index in [1.165, 1.54) is 37.7 Å². The molecule has 7 nitrogen and oxygen atoms in total. The number of anilines is 1. The Morgan fingerprint density at radius 2 is 1.48 bits per heavy atom. The monoisotopic (exact) mass is 443 g/mol. The lowest BCUT2D eigenvalue weighted by Gasteiger charge is -2.17. The summed E-state index contributed by atoms with van der Waals surface area (Å²) >= 11 is 0. The molecule has 1 fully saturated rings. The van der Waals surface area contributed by atoms with Crippen molar-refractivity contribution in [1.82, 2.24) is 16.1 Å². The van der Waals surface area contributed by atoms with Crippen LogP contribution in [0, 0.1) is 0 Å². The first-order valence-corrected chi connectivity index (χ1v) is 12.8. The van der Waals surface area contributed by atoms with Crippen LogP contribution in [0.2, 0.25) is 0 Å². The summed E-state index contributed by atoms with van der Waals surface area (Å²) in [5, 5.41) is 9.79. The van der Waals surface area contributed by atoms with Crippen molar-refractivity contribution in [2.24, 2.45) is 5.14 Å². The van der Waals surface area contributed by atoms with Gasteiger partial charge < -0.3 is 0 Å². The van der Waals surface area contributed by atoms with E-state index >= 15 is 0 Å². The quantitative estimate of drug-likeness (QED) is 0.627. The van der Waals surface area contributed by atoms with Gasteiger partial charge in [-0.25, -0.2) is 18.6 Å². The second-order valence-corrected chi connectivity index (χ2v) is 10.1. The van der Waals surface area contributed by atoms with Crippen LogP contribution in [0.3, 0.4) is 0 Å². The number of hydrazine groups is 3. The molecule has 5 rings (SSSR count). The summed E-state index contributed by atoms with van der Waals surface area (Å²) in [6.07, 6.45) is 9.66. The Bertz CT molecular complexity index is 978. The second-order valence-electron chi connectivity index (χ2n) is 8.61. The highest BCUT2D eigenvalue weighted by Crippen LogP contribution is 2.23. The molecule has 8 heteroatoms. The number of aryl methyl sites for hydroxylation is 1. The van der Waals surface area contributed by atoms with Crippen LogP contribution in [0.15, 0.2) is 47.4 Å². The van der Waals surface area contributed by atoms with Gasteiger partial charge in [0.2, 0.25) is 10.0 Å². The Morgan fingerprint density at radius 3 is 2.23 bits per heavy atom. The lowest BCUT2D eigenvalue weighted by Crippen LogP contribution is -2.38. The number of nitrogens with one attached hydrogen (secondary N) is 2. The van der Waals surface area contributed by atoms with Gasteiger partial charge >= 0.3 is 0 Å².